The fraction of sp³-hybridized carbons (Fsp3) is 0.231. The first kappa shape index (κ1) is 23.3. The van der Waals surface area contributed by atoms with Gasteiger partial charge >= 0.3 is 0 Å². The summed E-state index contributed by atoms with van der Waals surface area (Å²) in [6, 6.07) is 16.7. The van der Waals surface area contributed by atoms with Crippen LogP contribution in [0.15, 0.2) is 64.8 Å². The van der Waals surface area contributed by atoms with Crippen LogP contribution in [0.5, 0.6) is 17.2 Å². The van der Waals surface area contributed by atoms with Crippen molar-refractivity contribution in [3.8, 4) is 23.3 Å². The number of allylic oxidation sites excluding steroid dienone is 1. The van der Waals surface area contributed by atoms with Gasteiger partial charge in [-0.2, -0.15) is 5.26 Å². The van der Waals surface area contributed by atoms with Gasteiger partial charge in [0.25, 0.3) is 5.56 Å². The first-order valence-electron chi connectivity index (χ1n) is 10.7. The highest BCUT2D eigenvalue weighted by Crippen LogP contribution is 2.42. The number of hydrogen-bond donors (Lipinski definition) is 1. The molecule has 8 heteroatoms. The van der Waals surface area contributed by atoms with Crippen molar-refractivity contribution in [2.24, 2.45) is 5.73 Å². The number of rotatable bonds is 6. The lowest BCUT2D eigenvalue weighted by molar-refractivity contribution is 0.354. The Bertz CT molecular complexity index is 1390. The normalized spacial score (nSPS) is 14.7. The largest absolute Gasteiger partial charge is 0.493 e. The van der Waals surface area contributed by atoms with Crippen LogP contribution < -0.4 is 25.5 Å². The van der Waals surface area contributed by atoms with E-state index in [2.05, 4.69) is 6.07 Å². The van der Waals surface area contributed by atoms with Gasteiger partial charge in [0.05, 0.1) is 25.7 Å². The summed E-state index contributed by atoms with van der Waals surface area (Å²) in [4.78, 5) is 13.8. The van der Waals surface area contributed by atoms with Crippen molar-refractivity contribution in [2.45, 2.75) is 25.8 Å². The van der Waals surface area contributed by atoms with Gasteiger partial charge in [-0.25, -0.2) is 0 Å². The van der Waals surface area contributed by atoms with E-state index in [0.29, 0.717) is 46.4 Å². The number of ether oxygens (including phenoxy) is 3. The van der Waals surface area contributed by atoms with Gasteiger partial charge in [-0.1, -0.05) is 35.9 Å². The molecule has 0 bridgehead atoms. The van der Waals surface area contributed by atoms with Gasteiger partial charge in [-0.05, 0) is 42.7 Å². The van der Waals surface area contributed by atoms with E-state index in [1.54, 1.807) is 43.1 Å². The van der Waals surface area contributed by atoms with Crippen LogP contribution in [0.1, 0.15) is 28.3 Å². The van der Waals surface area contributed by atoms with Gasteiger partial charge in [0, 0.05) is 23.3 Å². The van der Waals surface area contributed by atoms with E-state index in [1.165, 1.54) is 0 Å². The van der Waals surface area contributed by atoms with Crippen molar-refractivity contribution in [2.75, 3.05) is 14.2 Å². The van der Waals surface area contributed by atoms with Crippen molar-refractivity contribution in [3.05, 3.63) is 97.7 Å². The Hall–Kier alpha value is -3.89. The van der Waals surface area contributed by atoms with Crippen LogP contribution in [0, 0.1) is 18.3 Å². The van der Waals surface area contributed by atoms with E-state index in [-0.39, 0.29) is 17.0 Å². The number of halogens is 1. The second-order valence-corrected chi connectivity index (χ2v) is 8.31. The Labute approximate surface area is 202 Å². The monoisotopic (exact) mass is 477 g/mol. The van der Waals surface area contributed by atoms with Crippen LogP contribution in [-0.2, 0) is 13.0 Å². The highest BCUT2D eigenvalue weighted by Gasteiger charge is 2.35. The number of pyridine rings is 1. The summed E-state index contributed by atoms with van der Waals surface area (Å²) < 4.78 is 18.1. The molecule has 1 atom stereocenters. The standard InChI is InChI=1S/C26H24ClN3O4/c1-15-12-22-24(23(18(14-28)25(29)34-22)17-6-4-5-7-19(17)27)26(31)30(15)11-10-16-8-9-20(32-2)21(13-16)33-3/h4-9,12-13,23H,10-11,29H2,1-3H3/t23-/m0/s1. The molecule has 3 aromatic rings. The summed E-state index contributed by atoms with van der Waals surface area (Å²) in [5, 5.41) is 10.3. The molecule has 1 aliphatic rings. The molecular weight excluding hydrogens is 454 g/mol. The Kier molecular flexibility index (Phi) is 6.53. The molecule has 0 radical (unpaired) electrons. The molecule has 2 heterocycles. The van der Waals surface area contributed by atoms with Crippen molar-refractivity contribution in [3.63, 3.8) is 0 Å². The lowest BCUT2D eigenvalue weighted by Gasteiger charge is -2.28. The summed E-state index contributed by atoms with van der Waals surface area (Å²) in [5.41, 5.74) is 8.65. The van der Waals surface area contributed by atoms with Crippen LogP contribution in [0.2, 0.25) is 5.02 Å². The second kappa shape index (κ2) is 9.54. The van der Waals surface area contributed by atoms with Crippen LogP contribution in [0.3, 0.4) is 0 Å². The van der Waals surface area contributed by atoms with Crippen molar-refractivity contribution in [1.82, 2.24) is 4.57 Å². The number of hydrogen-bond acceptors (Lipinski definition) is 6. The molecule has 1 aliphatic heterocycles. The fourth-order valence-corrected chi connectivity index (χ4v) is 4.51. The van der Waals surface area contributed by atoms with E-state index >= 15 is 0 Å². The first-order chi connectivity index (χ1) is 16.4. The van der Waals surface area contributed by atoms with Gasteiger partial charge in [-0.3, -0.25) is 4.79 Å². The lowest BCUT2D eigenvalue weighted by atomic mass is 9.84. The van der Waals surface area contributed by atoms with Gasteiger partial charge < -0.3 is 24.5 Å². The molecule has 0 unspecified atom stereocenters. The number of nitriles is 1. The molecule has 34 heavy (non-hydrogen) atoms. The van der Waals surface area contributed by atoms with Crippen LogP contribution in [-0.4, -0.2) is 18.8 Å². The Morgan fingerprint density at radius 1 is 1.15 bits per heavy atom. The highest BCUT2D eigenvalue weighted by molar-refractivity contribution is 6.31. The van der Waals surface area contributed by atoms with Gasteiger partial charge in [0.15, 0.2) is 11.5 Å². The minimum absolute atomic E-state index is 0.0261. The predicted molar refractivity (Wildman–Crippen MR) is 129 cm³/mol. The van der Waals surface area contributed by atoms with Gasteiger partial charge in [-0.15, -0.1) is 0 Å². The lowest BCUT2D eigenvalue weighted by Crippen LogP contribution is -2.33. The molecule has 0 saturated heterocycles. The number of benzene rings is 2. The van der Waals surface area contributed by atoms with E-state index in [9.17, 15) is 10.1 Å². The Balaban J connectivity index is 1.78. The van der Waals surface area contributed by atoms with Crippen LogP contribution in [0.4, 0.5) is 0 Å². The maximum absolute atomic E-state index is 13.8. The summed E-state index contributed by atoms with van der Waals surface area (Å²) in [6.07, 6.45) is 0.584. The number of aryl methyl sites for hydroxylation is 2. The zero-order valence-electron chi connectivity index (χ0n) is 19.1. The zero-order chi connectivity index (χ0) is 24.4. The summed E-state index contributed by atoms with van der Waals surface area (Å²) in [5.74, 6) is 0.860. The average molecular weight is 478 g/mol. The summed E-state index contributed by atoms with van der Waals surface area (Å²) in [6.45, 7) is 2.26. The number of nitrogens with two attached hydrogens (primary N) is 1. The second-order valence-electron chi connectivity index (χ2n) is 7.91. The van der Waals surface area contributed by atoms with Crippen LogP contribution in [0.25, 0.3) is 0 Å². The molecule has 0 saturated carbocycles. The fourth-order valence-electron chi connectivity index (χ4n) is 4.26. The molecule has 0 amide bonds. The topological polar surface area (TPSA) is 99.5 Å². The van der Waals surface area contributed by atoms with Gasteiger partial charge in [0.2, 0.25) is 5.88 Å². The number of methoxy groups -OCH3 is 2. The van der Waals surface area contributed by atoms with E-state index in [1.807, 2.05) is 31.2 Å². The summed E-state index contributed by atoms with van der Waals surface area (Å²) in [7, 11) is 3.17. The molecular formula is C26H24ClN3O4. The van der Waals surface area contributed by atoms with E-state index in [0.717, 1.165) is 11.3 Å². The van der Waals surface area contributed by atoms with Crippen molar-refractivity contribution >= 4 is 11.6 Å². The smallest absolute Gasteiger partial charge is 0.258 e. The molecule has 1 aromatic heterocycles. The van der Waals surface area contributed by atoms with E-state index in [4.69, 9.17) is 31.5 Å². The zero-order valence-corrected chi connectivity index (χ0v) is 19.8. The molecule has 0 spiro atoms. The van der Waals surface area contributed by atoms with Crippen molar-refractivity contribution < 1.29 is 14.2 Å². The quantitative estimate of drug-likeness (QED) is 0.568. The number of nitrogens with zero attached hydrogens (tertiary/aromatic N) is 2. The third kappa shape index (κ3) is 4.09. The number of aromatic nitrogens is 1. The van der Waals surface area contributed by atoms with E-state index < -0.39 is 5.92 Å². The minimum Gasteiger partial charge on any atom is -0.493 e. The SMILES string of the molecule is COc1ccc(CCn2c(C)cc3c(c2=O)[C@@H](c2ccccc2Cl)C(C#N)=C(N)O3)cc1OC. The first-order valence-corrected chi connectivity index (χ1v) is 11.0. The van der Waals surface area contributed by atoms with Crippen LogP contribution >= 0.6 is 11.6 Å². The average Bonchev–Trinajstić information content (AvgIpc) is 2.83. The third-order valence-electron chi connectivity index (χ3n) is 5.98. The summed E-state index contributed by atoms with van der Waals surface area (Å²) >= 11 is 6.47. The predicted octanol–water partition coefficient (Wildman–Crippen LogP) is 4.29. The maximum Gasteiger partial charge on any atom is 0.258 e. The van der Waals surface area contributed by atoms with Gasteiger partial charge in [0.1, 0.15) is 17.4 Å². The molecule has 0 aliphatic carbocycles. The molecule has 2 aromatic carbocycles. The molecule has 7 nitrogen and oxygen atoms in total. The maximum atomic E-state index is 13.8. The Morgan fingerprint density at radius 3 is 2.56 bits per heavy atom. The minimum atomic E-state index is -0.720. The van der Waals surface area contributed by atoms with Crippen molar-refractivity contribution in [1.29, 1.82) is 5.26 Å². The molecule has 2 N–H and O–H groups in total. The third-order valence-corrected chi connectivity index (χ3v) is 6.32. The number of fused-ring (bicyclic) bond motifs is 1. The molecule has 4 rings (SSSR count). The molecule has 174 valence electrons. The Morgan fingerprint density at radius 2 is 1.88 bits per heavy atom. The highest BCUT2D eigenvalue weighted by atomic mass is 35.5. The molecule has 0 fully saturated rings.